The SMILES string of the molecule is Fc1ccc(CC(c2ccc(-c3c(-n4cnnn4)ccc(Cl)c3F)cn2)n2cc(-c3ccn(C(F)F)n3)cn2)cc1. The van der Waals surface area contributed by atoms with Crippen LogP contribution in [0.4, 0.5) is 17.6 Å². The van der Waals surface area contributed by atoms with Crippen molar-refractivity contribution in [2.45, 2.75) is 19.0 Å². The molecule has 0 spiro atoms. The molecule has 0 aliphatic carbocycles. The van der Waals surface area contributed by atoms with Crippen LogP contribution in [0.3, 0.4) is 0 Å². The molecule has 0 aliphatic rings. The van der Waals surface area contributed by atoms with Gasteiger partial charge in [-0.1, -0.05) is 29.8 Å². The normalized spacial score (nSPS) is 12.2. The van der Waals surface area contributed by atoms with Gasteiger partial charge in [-0.05, 0) is 52.4 Å². The molecule has 0 bridgehead atoms. The molecular weight excluding hydrogens is 562 g/mol. The average Bonchev–Trinajstić information content (AvgIpc) is 3.76. The van der Waals surface area contributed by atoms with Gasteiger partial charge in [-0.3, -0.25) is 9.67 Å². The van der Waals surface area contributed by atoms with Crippen LogP contribution < -0.4 is 0 Å². The predicted octanol–water partition coefficient (Wildman–Crippen LogP) is 5.94. The second-order valence-corrected chi connectivity index (χ2v) is 9.40. The van der Waals surface area contributed by atoms with Crippen molar-refractivity contribution < 1.29 is 17.6 Å². The van der Waals surface area contributed by atoms with Gasteiger partial charge in [-0.2, -0.15) is 23.7 Å². The van der Waals surface area contributed by atoms with E-state index in [4.69, 9.17) is 11.6 Å². The summed E-state index contributed by atoms with van der Waals surface area (Å²) in [6, 6.07) is 13.4. The highest BCUT2D eigenvalue weighted by Gasteiger charge is 2.21. The summed E-state index contributed by atoms with van der Waals surface area (Å²) >= 11 is 6.09. The summed E-state index contributed by atoms with van der Waals surface area (Å²) in [7, 11) is 0. The van der Waals surface area contributed by atoms with Crippen LogP contribution in [0.5, 0.6) is 0 Å². The predicted molar refractivity (Wildman–Crippen MR) is 140 cm³/mol. The lowest BCUT2D eigenvalue weighted by molar-refractivity contribution is 0.0568. The molecule has 6 rings (SSSR count). The number of benzene rings is 2. The van der Waals surface area contributed by atoms with E-state index in [1.54, 1.807) is 41.2 Å². The third kappa shape index (κ3) is 5.31. The zero-order valence-electron chi connectivity index (χ0n) is 20.9. The molecule has 0 saturated heterocycles. The minimum absolute atomic E-state index is 0.0755. The first-order chi connectivity index (χ1) is 19.9. The number of hydrogen-bond donors (Lipinski definition) is 0. The Morgan fingerprint density at radius 1 is 0.878 bits per heavy atom. The Bertz CT molecular complexity index is 1780. The molecule has 2 aromatic carbocycles. The zero-order valence-corrected chi connectivity index (χ0v) is 21.6. The van der Waals surface area contributed by atoms with Gasteiger partial charge in [0, 0.05) is 41.7 Å². The largest absolute Gasteiger partial charge is 0.333 e. The third-order valence-corrected chi connectivity index (χ3v) is 6.74. The molecular formula is C27H18ClF4N9. The van der Waals surface area contributed by atoms with E-state index >= 15 is 4.39 Å². The van der Waals surface area contributed by atoms with Gasteiger partial charge in [-0.25, -0.2) is 13.5 Å². The van der Waals surface area contributed by atoms with Crippen LogP contribution in [0.25, 0.3) is 28.1 Å². The summed E-state index contributed by atoms with van der Waals surface area (Å²) in [5.41, 5.74) is 3.19. The fourth-order valence-corrected chi connectivity index (χ4v) is 4.60. The summed E-state index contributed by atoms with van der Waals surface area (Å²) in [5.74, 6) is -1.03. The molecule has 0 amide bonds. The molecule has 9 nitrogen and oxygen atoms in total. The smallest absolute Gasteiger partial charge is 0.263 e. The minimum atomic E-state index is -2.77. The Balaban J connectivity index is 1.38. The molecule has 41 heavy (non-hydrogen) atoms. The fourth-order valence-electron chi connectivity index (χ4n) is 4.45. The van der Waals surface area contributed by atoms with Crippen molar-refractivity contribution >= 4 is 11.6 Å². The second kappa shape index (κ2) is 10.9. The Labute approximate surface area is 234 Å². The lowest BCUT2D eigenvalue weighted by atomic mass is 10.0. The highest BCUT2D eigenvalue weighted by Crippen LogP contribution is 2.34. The number of tetrazole rings is 1. The van der Waals surface area contributed by atoms with Crippen LogP contribution in [0.2, 0.25) is 5.02 Å². The monoisotopic (exact) mass is 579 g/mol. The van der Waals surface area contributed by atoms with Crippen LogP contribution in [0.1, 0.15) is 23.8 Å². The number of rotatable bonds is 8. The van der Waals surface area contributed by atoms with E-state index in [9.17, 15) is 13.2 Å². The van der Waals surface area contributed by atoms with Crippen molar-refractivity contribution in [1.29, 1.82) is 0 Å². The van der Waals surface area contributed by atoms with Crippen LogP contribution in [0, 0.1) is 11.6 Å². The molecule has 4 aromatic heterocycles. The Morgan fingerprint density at radius 2 is 1.71 bits per heavy atom. The van der Waals surface area contributed by atoms with Crippen LogP contribution in [-0.4, -0.2) is 44.8 Å². The molecule has 206 valence electrons. The van der Waals surface area contributed by atoms with Crippen molar-refractivity contribution in [3.63, 3.8) is 0 Å². The fraction of sp³-hybridized carbons (Fsp3) is 0.111. The molecule has 4 heterocycles. The van der Waals surface area contributed by atoms with Crippen LogP contribution in [0.15, 0.2) is 85.7 Å². The molecule has 14 heteroatoms. The number of alkyl halides is 2. The molecule has 0 radical (unpaired) electrons. The van der Waals surface area contributed by atoms with Crippen molar-refractivity contribution in [1.82, 2.24) is 44.8 Å². The van der Waals surface area contributed by atoms with Gasteiger partial charge in [0.2, 0.25) is 0 Å². The van der Waals surface area contributed by atoms with Crippen LogP contribution >= 0.6 is 11.6 Å². The number of halogens is 5. The molecule has 1 atom stereocenters. The van der Waals surface area contributed by atoms with Crippen LogP contribution in [-0.2, 0) is 6.42 Å². The standard InChI is InChI=1S/C27H18ClF4N9/c28-20-6-8-23(41-15-34-37-38-41)25(26(20)30)17-3-7-22(33-12-17)24(11-16-1-4-19(29)5-2-16)40-14-18(13-35-40)21-9-10-39(36-21)27(31)32/h1-10,12-15,24,27H,11H2. The lowest BCUT2D eigenvalue weighted by Crippen LogP contribution is -2.15. The molecule has 0 aliphatic heterocycles. The maximum Gasteiger partial charge on any atom is 0.333 e. The summed E-state index contributed by atoms with van der Waals surface area (Å²) in [6.45, 7) is -2.77. The number of nitrogens with zero attached hydrogens (tertiary/aromatic N) is 9. The first-order valence-corrected chi connectivity index (χ1v) is 12.5. The highest BCUT2D eigenvalue weighted by molar-refractivity contribution is 6.31. The minimum Gasteiger partial charge on any atom is -0.263 e. The molecule has 6 aromatic rings. The van der Waals surface area contributed by atoms with Crippen molar-refractivity contribution in [3.8, 4) is 28.1 Å². The van der Waals surface area contributed by atoms with E-state index in [-0.39, 0.29) is 16.4 Å². The summed E-state index contributed by atoms with van der Waals surface area (Å²) in [6.07, 6.45) is 7.60. The number of aromatic nitrogens is 9. The van der Waals surface area contributed by atoms with Gasteiger partial charge in [0.15, 0.2) is 5.82 Å². The van der Waals surface area contributed by atoms with Crippen molar-refractivity contribution in [2.75, 3.05) is 0 Å². The number of hydrogen-bond acceptors (Lipinski definition) is 6. The topological polar surface area (TPSA) is 92.1 Å². The second-order valence-electron chi connectivity index (χ2n) is 9.00. The van der Waals surface area contributed by atoms with E-state index < -0.39 is 18.4 Å². The van der Waals surface area contributed by atoms with E-state index in [1.807, 2.05) is 0 Å². The molecule has 0 fully saturated rings. The summed E-state index contributed by atoms with van der Waals surface area (Å²) in [5, 5.41) is 19.4. The van der Waals surface area contributed by atoms with E-state index in [1.165, 1.54) is 53.9 Å². The number of pyridine rings is 1. The average molecular weight is 580 g/mol. The van der Waals surface area contributed by atoms with Crippen molar-refractivity contribution in [2.24, 2.45) is 0 Å². The van der Waals surface area contributed by atoms with E-state index in [2.05, 4.69) is 30.7 Å². The van der Waals surface area contributed by atoms with Gasteiger partial charge < -0.3 is 0 Å². The van der Waals surface area contributed by atoms with E-state index in [0.29, 0.717) is 39.3 Å². The first-order valence-electron chi connectivity index (χ1n) is 12.2. The van der Waals surface area contributed by atoms with Gasteiger partial charge >= 0.3 is 6.55 Å². The highest BCUT2D eigenvalue weighted by atomic mass is 35.5. The van der Waals surface area contributed by atoms with E-state index in [0.717, 1.165) is 5.56 Å². The quantitative estimate of drug-likeness (QED) is 0.207. The lowest BCUT2D eigenvalue weighted by Gasteiger charge is -2.18. The molecule has 0 saturated carbocycles. The Morgan fingerprint density at radius 3 is 2.39 bits per heavy atom. The molecule has 1 unspecified atom stereocenters. The van der Waals surface area contributed by atoms with Gasteiger partial charge in [-0.15, -0.1) is 5.10 Å². The van der Waals surface area contributed by atoms with Gasteiger partial charge in [0.05, 0.1) is 34.3 Å². The first kappa shape index (κ1) is 26.3. The summed E-state index contributed by atoms with van der Waals surface area (Å²) < 4.78 is 58.4. The van der Waals surface area contributed by atoms with Crippen molar-refractivity contribution in [3.05, 3.63) is 114 Å². The maximum atomic E-state index is 15.3. The molecule has 0 N–H and O–H groups in total. The summed E-state index contributed by atoms with van der Waals surface area (Å²) in [4.78, 5) is 4.62. The third-order valence-electron chi connectivity index (χ3n) is 6.45. The Kier molecular flexibility index (Phi) is 7.01. The van der Waals surface area contributed by atoms with Gasteiger partial charge in [0.25, 0.3) is 0 Å². The van der Waals surface area contributed by atoms with Gasteiger partial charge in [0.1, 0.15) is 12.1 Å². The zero-order chi connectivity index (χ0) is 28.5. The maximum absolute atomic E-state index is 15.3. The Hall–Kier alpha value is -4.91.